The Bertz CT molecular complexity index is 1480. The van der Waals surface area contributed by atoms with E-state index >= 15 is 0 Å². The minimum absolute atomic E-state index is 0.209. The van der Waals surface area contributed by atoms with Gasteiger partial charge in [-0.15, -0.1) is 0 Å². The van der Waals surface area contributed by atoms with Crippen LogP contribution in [-0.4, -0.2) is 38.6 Å². The summed E-state index contributed by atoms with van der Waals surface area (Å²) >= 11 is 13.5. The zero-order chi connectivity index (χ0) is 26.6. The van der Waals surface area contributed by atoms with Crippen LogP contribution in [0, 0.1) is 0 Å². The monoisotopic (exact) mass is 530 g/mol. The summed E-state index contributed by atoms with van der Waals surface area (Å²) in [5, 5.41) is 7.01. The number of aryl methyl sites for hydroxylation is 1. The molecule has 36 heavy (non-hydrogen) atoms. The van der Waals surface area contributed by atoms with E-state index in [1.54, 1.807) is 24.3 Å². The Morgan fingerprint density at radius 1 is 0.944 bits per heavy atom. The summed E-state index contributed by atoms with van der Waals surface area (Å²) in [5.41, 5.74) is -0.920. The lowest BCUT2D eigenvalue weighted by molar-refractivity contribution is 0.00578. The van der Waals surface area contributed by atoms with Gasteiger partial charge in [0.25, 0.3) is 11.5 Å². The van der Waals surface area contributed by atoms with Crippen LogP contribution in [0.5, 0.6) is 0 Å². The summed E-state index contributed by atoms with van der Waals surface area (Å²) in [6, 6.07) is 10.5. The molecule has 4 rings (SSSR count). The fourth-order valence-corrected chi connectivity index (χ4v) is 4.36. The van der Waals surface area contributed by atoms with Crippen molar-refractivity contribution in [1.29, 1.82) is 0 Å². The van der Waals surface area contributed by atoms with E-state index in [0.29, 0.717) is 21.6 Å². The van der Waals surface area contributed by atoms with Gasteiger partial charge in [-0.3, -0.25) is 14.2 Å². The van der Waals surface area contributed by atoms with Crippen LogP contribution in [0.3, 0.4) is 0 Å². The van der Waals surface area contributed by atoms with Gasteiger partial charge in [-0.2, -0.15) is 5.10 Å². The maximum Gasteiger partial charge on any atom is 0.496 e. The van der Waals surface area contributed by atoms with Crippen molar-refractivity contribution in [3.05, 3.63) is 73.0 Å². The Balaban J connectivity index is 1.70. The molecule has 1 aromatic heterocycles. The summed E-state index contributed by atoms with van der Waals surface area (Å²) < 4.78 is 14.0. The van der Waals surface area contributed by atoms with Gasteiger partial charge in [0.2, 0.25) is 5.69 Å². The number of carbonyl (C=O) groups is 1. The molecule has 2 heterocycles. The molecule has 0 saturated carbocycles. The highest BCUT2D eigenvalue weighted by atomic mass is 35.5. The third-order valence-electron chi connectivity index (χ3n) is 6.61. The van der Waals surface area contributed by atoms with Crippen molar-refractivity contribution in [2.24, 2.45) is 14.1 Å². The van der Waals surface area contributed by atoms with Gasteiger partial charge in [0.15, 0.2) is 0 Å². The molecule has 1 saturated heterocycles. The normalized spacial score (nSPS) is 16.3. The standard InChI is InChI=1S/C24H25BCl2N4O5/c1-23(2)24(3,4)36-25(35-23)15-11-7-9-13(17(15)26)14-10-8-12-16(18(14)27)28-20(32)19-21(33)30(5)22(34)31(6)29-19/h7-12H,1-6H3,(H,28,32). The zero-order valence-corrected chi connectivity index (χ0v) is 22.2. The molecule has 1 fully saturated rings. The van der Waals surface area contributed by atoms with Crippen LogP contribution in [0.15, 0.2) is 46.0 Å². The first-order chi connectivity index (χ1) is 16.7. The lowest BCUT2D eigenvalue weighted by atomic mass is 9.77. The number of amides is 1. The molecular weight excluding hydrogens is 506 g/mol. The number of hydrogen-bond donors (Lipinski definition) is 1. The molecular formula is C24H25BCl2N4O5. The Morgan fingerprint density at radius 2 is 1.50 bits per heavy atom. The largest absolute Gasteiger partial charge is 0.496 e. The van der Waals surface area contributed by atoms with Gasteiger partial charge in [-0.05, 0) is 33.8 Å². The van der Waals surface area contributed by atoms with E-state index in [9.17, 15) is 14.4 Å². The number of benzene rings is 2. The van der Waals surface area contributed by atoms with Crippen molar-refractivity contribution in [3.8, 4) is 11.1 Å². The molecule has 1 aliphatic rings. The summed E-state index contributed by atoms with van der Waals surface area (Å²) in [5.74, 6) is -0.803. The van der Waals surface area contributed by atoms with Crippen molar-refractivity contribution in [1.82, 2.24) is 14.3 Å². The van der Waals surface area contributed by atoms with Crippen molar-refractivity contribution in [2.75, 3.05) is 5.32 Å². The number of halogens is 2. The van der Waals surface area contributed by atoms with Crippen molar-refractivity contribution < 1.29 is 14.1 Å². The first-order valence-electron chi connectivity index (χ1n) is 11.1. The van der Waals surface area contributed by atoms with E-state index in [1.807, 2.05) is 39.8 Å². The van der Waals surface area contributed by atoms with Crippen molar-refractivity contribution >= 4 is 47.4 Å². The second-order valence-corrected chi connectivity index (χ2v) is 10.3. The maximum absolute atomic E-state index is 12.8. The van der Waals surface area contributed by atoms with Gasteiger partial charge in [-0.1, -0.05) is 53.5 Å². The molecule has 1 amide bonds. The molecule has 0 spiro atoms. The minimum atomic E-state index is -0.818. The average molecular weight is 531 g/mol. The molecule has 12 heteroatoms. The van der Waals surface area contributed by atoms with Crippen molar-refractivity contribution in [2.45, 2.75) is 38.9 Å². The van der Waals surface area contributed by atoms with Crippen LogP contribution >= 0.6 is 23.2 Å². The number of nitrogens with zero attached hydrogens (tertiary/aromatic N) is 3. The first-order valence-corrected chi connectivity index (χ1v) is 11.9. The molecule has 0 aliphatic carbocycles. The fourth-order valence-electron chi connectivity index (χ4n) is 3.77. The van der Waals surface area contributed by atoms with Gasteiger partial charge >= 0.3 is 12.8 Å². The predicted octanol–water partition coefficient (Wildman–Crippen LogP) is 3.00. The van der Waals surface area contributed by atoms with E-state index in [1.165, 1.54) is 14.1 Å². The molecule has 1 N–H and O–H groups in total. The number of carbonyl (C=O) groups excluding carboxylic acids is 1. The molecule has 0 atom stereocenters. The Kier molecular flexibility index (Phi) is 6.68. The third-order valence-corrected chi connectivity index (χ3v) is 7.44. The van der Waals surface area contributed by atoms with E-state index in [4.69, 9.17) is 32.5 Å². The summed E-state index contributed by atoms with van der Waals surface area (Å²) in [6.07, 6.45) is 0. The SMILES string of the molecule is Cn1nc(C(=O)Nc2cccc(-c3cccc(B4OC(C)(C)C(C)(C)O4)c3Cl)c2Cl)c(=O)n(C)c1=O. The highest BCUT2D eigenvalue weighted by molar-refractivity contribution is 6.66. The van der Waals surface area contributed by atoms with Crippen LogP contribution in [-0.2, 0) is 23.4 Å². The molecule has 0 bridgehead atoms. The summed E-state index contributed by atoms with van der Waals surface area (Å²) in [6.45, 7) is 7.84. The highest BCUT2D eigenvalue weighted by Gasteiger charge is 2.52. The zero-order valence-electron chi connectivity index (χ0n) is 20.7. The average Bonchev–Trinajstić information content (AvgIpc) is 3.03. The lowest BCUT2D eigenvalue weighted by Crippen LogP contribution is -2.43. The predicted molar refractivity (Wildman–Crippen MR) is 140 cm³/mol. The topological polar surface area (TPSA) is 104 Å². The number of rotatable bonds is 4. The van der Waals surface area contributed by atoms with Gasteiger partial charge in [0.1, 0.15) is 0 Å². The molecule has 188 valence electrons. The van der Waals surface area contributed by atoms with Gasteiger partial charge in [0, 0.05) is 35.7 Å². The second-order valence-electron chi connectivity index (χ2n) is 9.54. The van der Waals surface area contributed by atoms with E-state index < -0.39 is 41.2 Å². The van der Waals surface area contributed by atoms with Crippen molar-refractivity contribution in [3.63, 3.8) is 0 Å². The van der Waals surface area contributed by atoms with Crippen LogP contribution < -0.4 is 22.0 Å². The Labute approximate surface area is 218 Å². The van der Waals surface area contributed by atoms with Gasteiger partial charge in [0.05, 0.1) is 21.9 Å². The number of nitrogens with one attached hydrogen (secondary N) is 1. The number of anilines is 1. The Hall–Kier alpha value is -2.92. The fraction of sp³-hybridized carbons (Fsp3) is 0.333. The summed E-state index contributed by atoms with van der Waals surface area (Å²) in [7, 11) is 1.95. The number of aromatic nitrogens is 3. The quantitative estimate of drug-likeness (QED) is 0.520. The molecule has 3 aromatic rings. The molecule has 9 nitrogen and oxygen atoms in total. The summed E-state index contributed by atoms with van der Waals surface area (Å²) in [4.78, 5) is 37.1. The molecule has 0 unspecified atom stereocenters. The second kappa shape index (κ2) is 9.19. The minimum Gasteiger partial charge on any atom is -0.399 e. The Morgan fingerprint density at radius 3 is 2.11 bits per heavy atom. The lowest BCUT2D eigenvalue weighted by Gasteiger charge is -2.32. The van der Waals surface area contributed by atoms with Gasteiger partial charge < -0.3 is 14.6 Å². The van der Waals surface area contributed by atoms with Crippen LogP contribution in [0.2, 0.25) is 10.0 Å². The third kappa shape index (κ3) is 4.39. The van der Waals surface area contributed by atoms with E-state index in [-0.39, 0.29) is 10.7 Å². The van der Waals surface area contributed by atoms with Crippen LogP contribution in [0.25, 0.3) is 11.1 Å². The van der Waals surface area contributed by atoms with Crippen LogP contribution in [0.4, 0.5) is 5.69 Å². The van der Waals surface area contributed by atoms with E-state index in [2.05, 4.69) is 10.4 Å². The van der Waals surface area contributed by atoms with Crippen LogP contribution in [0.1, 0.15) is 38.2 Å². The van der Waals surface area contributed by atoms with Gasteiger partial charge in [-0.25, -0.2) is 9.48 Å². The maximum atomic E-state index is 12.8. The van der Waals surface area contributed by atoms with E-state index in [0.717, 1.165) is 9.25 Å². The number of hydrogen-bond acceptors (Lipinski definition) is 6. The molecule has 2 aromatic carbocycles. The smallest absolute Gasteiger partial charge is 0.399 e. The first kappa shape index (κ1) is 26.2. The molecule has 0 radical (unpaired) electrons. The highest BCUT2D eigenvalue weighted by Crippen LogP contribution is 2.40. The molecule has 1 aliphatic heterocycles.